The molecule has 1 aromatic rings. The van der Waals surface area contributed by atoms with Crippen molar-refractivity contribution in [3.05, 3.63) is 33.9 Å². The number of alkyl halides is 3. The lowest BCUT2D eigenvalue weighted by Crippen LogP contribution is -2.43. The fraction of sp³-hybridized carbons (Fsp3) is 0.533. The van der Waals surface area contributed by atoms with Gasteiger partial charge in [-0.05, 0) is 12.1 Å². The lowest BCUT2D eigenvalue weighted by molar-refractivity contribution is -0.385. The highest BCUT2D eigenvalue weighted by molar-refractivity contribution is 7.89. The number of nitro groups is 1. The van der Waals surface area contributed by atoms with E-state index in [1.54, 1.807) is 0 Å². The Morgan fingerprint density at radius 2 is 1.97 bits per heavy atom. The molecule has 0 bridgehead atoms. The molecule has 1 aliphatic rings. The summed E-state index contributed by atoms with van der Waals surface area (Å²) in [6.45, 7) is -1.11. The Morgan fingerprint density at radius 3 is 2.55 bits per heavy atom. The Hall–Kier alpha value is -2.45. The summed E-state index contributed by atoms with van der Waals surface area (Å²) in [5, 5.41) is 13.3. The number of carbonyl (C=O) groups is 1. The molecule has 1 fully saturated rings. The maximum atomic E-state index is 12.3. The highest BCUT2D eigenvalue weighted by Crippen LogP contribution is 2.25. The van der Waals surface area contributed by atoms with Crippen LogP contribution in [-0.4, -0.2) is 74.9 Å². The number of morpholine rings is 1. The van der Waals surface area contributed by atoms with Crippen LogP contribution < -0.4 is 10.1 Å². The number of ether oxygens (including phenoxy) is 2. The van der Waals surface area contributed by atoms with Gasteiger partial charge in [-0.15, -0.1) is 0 Å². The van der Waals surface area contributed by atoms with E-state index in [4.69, 9.17) is 4.74 Å². The summed E-state index contributed by atoms with van der Waals surface area (Å²) in [6, 6.07) is 2.57. The van der Waals surface area contributed by atoms with Crippen LogP contribution in [0.15, 0.2) is 18.2 Å². The number of carbonyl (C=O) groups excluding carboxylic acids is 1. The summed E-state index contributed by atoms with van der Waals surface area (Å²) >= 11 is 0. The Kier molecular flexibility index (Phi) is 7.37. The van der Waals surface area contributed by atoms with Crippen molar-refractivity contribution in [2.24, 2.45) is 0 Å². The molecule has 162 valence electrons. The summed E-state index contributed by atoms with van der Waals surface area (Å²) in [6.07, 6.45) is -4.63. The molecule has 1 aromatic carbocycles. The van der Waals surface area contributed by atoms with Crippen molar-refractivity contribution in [1.82, 2.24) is 9.62 Å². The third-order valence-electron chi connectivity index (χ3n) is 3.82. The molecule has 0 aliphatic carbocycles. The summed E-state index contributed by atoms with van der Waals surface area (Å²) < 4.78 is 71.9. The van der Waals surface area contributed by atoms with E-state index < -0.39 is 50.6 Å². The van der Waals surface area contributed by atoms with Crippen LogP contribution in [0.5, 0.6) is 5.75 Å². The zero-order chi connectivity index (χ0) is 21.7. The zero-order valence-electron chi connectivity index (χ0n) is 15.0. The first-order valence-corrected chi connectivity index (χ1v) is 9.92. The summed E-state index contributed by atoms with van der Waals surface area (Å²) in [5.41, 5.74) is -1.20. The van der Waals surface area contributed by atoms with Crippen molar-refractivity contribution in [2.45, 2.75) is 6.18 Å². The topological polar surface area (TPSA) is 128 Å². The number of amides is 1. The zero-order valence-corrected chi connectivity index (χ0v) is 15.8. The second kappa shape index (κ2) is 9.37. The minimum absolute atomic E-state index is 0.181. The molecule has 29 heavy (non-hydrogen) atoms. The molecule has 0 aromatic heterocycles. The molecule has 0 radical (unpaired) electrons. The van der Waals surface area contributed by atoms with Crippen LogP contribution in [0.1, 0.15) is 10.4 Å². The SMILES string of the molecule is O=C(NCCS(=O)(=O)N1CCOCC1)c1cc(OCC(F)(F)F)ccc1[N+](=O)[O-]. The number of sulfonamides is 1. The van der Waals surface area contributed by atoms with Crippen LogP contribution in [0.25, 0.3) is 0 Å². The number of nitro benzene ring substituents is 1. The molecule has 2 rings (SSSR count). The summed E-state index contributed by atoms with van der Waals surface area (Å²) in [4.78, 5) is 22.5. The minimum atomic E-state index is -4.63. The highest BCUT2D eigenvalue weighted by Gasteiger charge is 2.29. The van der Waals surface area contributed by atoms with E-state index in [1.165, 1.54) is 4.31 Å². The normalized spacial score (nSPS) is 15.7. The average Bonchev–Trinajstić information content (AvgIpc) is 2.66. The van der Waals surface area contributed by atoms with Gasteiger partial charge in [-0.25, -0.2) is 8.42 Å². The van der Waals surface area contributed by atoms with Crippen LogP contribution in [0.3, 0.4) is 0 Å². The van der Waals surface area contributed by atoms with E-state index in [0.29, 0.717) is 0 Å². The molecule has 10 nitrogen and oxygen atoms in total. The predicted molar refractivity (Wildman–Crippen MR) is 93.2 cm³/mol. The molecule has 0 spiro atoms. The highest BCUT2D eigenvalue weighted by atomic mass is 32.2. The molecule has 1 heterocycles. The van der Waals surface area contributed by atoms with E-state index in [-0.39, 0.29) is 38.6 Å². The van der Waals surface area contributed by atoms with Crippen LogP contribution >= 0.6 is 0 Å². The monoisotopic (exact) mass is 441 g/mol. The Morgan fingerprint density at radius 1 is 1.31 bits per heavy atom. The number of nitrogens with one attached hydrogen (secondary N) is 1. The maximum Gasteiger partial charge on any atom is 0.422 e. The van der Waals surface area contributed by atoms with Gasteiger partial charge in [0.2, 0.25) is 10.0 Å². The molecular weight excluding hydrogens is 423 g/mol. The third kappa shape index (κ3) is 6.83. The number of hydrogen-bond acceptors (Lipinski definition) is 7. The Balaban J connectivity index is 2.05. The molecule has 1 amide bonds. The van der Waals surface area contributed by atoms with Crippen molar-refractivity contribution in [3.63, 3.8) is 0 Å². The van der Waals surface area contributed by atoms with Crippen LogP contribution in [0, 0.1) is 10.1 Å². The molecule has 0 atom stereocenters. The van der Waals surface area contributed by atoms with Gasteiger partial charge < -0.3 is 14.8 Å². The fourth-order valence-electron chi connectivity index (χ4n) is 2.45. The summed E-state index contributed by atoms with van der Waals surface area (Å²) in [5.74, 6) is -1.85. The van der Waals surface area contributed by atoms with Gasteiger partial charge in [-0.3, -0.25) is 14.9 Å². The predicted octanol–water partition coefficient (Wildman–Crippen LogP) is 0.928. The molecule has 1 aliphatic heterocycles. The minimum Gasteiger partial charge on any atom is -0.484 e. The summed E-state index contributed by atoms with van der Waals surface area (Å²) in [7, 11) is -3.67. The van der Waals surface area contributed by atoms with Gasteiger partial charge in [0, 0.05) is 25.7 Å². The molecule has 1 N–H and O–H groups in total. The van der Waals surface area contributed by atoms with Gasteiger partial charge in [0.05, 0.1) is 23.9 Å². The quantitative estimate of drug-likeness (QED) is 0.469. The third-order valence-corrected chi connectivity index (χ3v) is 5.69. The van der Waals surface area contributed by atoms with E-state index in [2.05, 4.69) is 10.1 Å². The van der Waals surface area contributed by atoms with E-state index in [1.807, 2.05) is 0 Å². The number of hydrogen-bond donors (Lipinski definition) is 1. The molecular formula is C15H18F3N3O7S. The van der Waals surface area contributed by atoms with Crippen LogP contribution in [-0.2, 0) is 14.8 Å². The van der Waals surface area contributed by atoms with E-state index in [0.717, 1.165) is 18.2 Å². The molecule has 14 heteroatoms. The van der Waals surface area contributed by atoms with E-state index >= 15 is 0 Å². The molecule has 0 unspecified atom stereocenters. The van der Waals surface area contributed by atoms with Crippen molar-refractivity contribution < 1.29 is 40.8 Å². The molecule has 0 saturated carbocycles. The second-order valence-corrected chi connectivity index (χ2v) is 8.01. The lowest BCUT2D eigenvalue weighted by atomic mass is 10.1. The van der Waals surface area contributed by atoms with Crippen molar-refractivity contribution in [2.75, 3.05) is 45.2 Å². The van der Waals surface area contributed by atoms with Gasteiger partial charge >= 0.3 is 6.18 Å². The average molecular weight is 441 g/mol. The number of benzene rings is 1. The standard InChI is InChI=1S/C15H18F3N3O7S/c16-15(17,18)10-28-11-1-2-13(21(23)24)12(9-11)14(22)19-3-8-29(25,26)20-4-6-27-7-5-20/h1-2,9H,3-8,10H2,(H,19,22). The van der Waals surface area contributed by atoms with Gasteiger partial charge in [-0.1, -0.05) is 0 Å². The van der Waals surface area contributed by atoms with E-state index in [9.17, 15) is 36.5 Å². The number of halogens is 3. The van der Waals surface area contributed by atoms with Crippen LogP contribution in [0.2, 0.25) is 0 Å². The fourth-order valence-corrected chi connectivity index (χ4v) is 3.78. The first-order valence-electron chi connectivity index (χ1n) is 8.31. The van der Waals surface area contributed by atoms with Crippen molar-refractivity contribution >= 4 is 21.6 Å². The van der Waals surface area contributed by atoms with Crippen LogP contribution in [0.4, 0.5) is 18.9 Å². The molecule has 1 saturated heterocycles. The lowest BCUT2D eigenvalue weighted by Gasteiger charge is -2.26. The first kappa shape index (κ1) is 22.8. The Bertz CT molecular complexity index is 855. The van der Waals surface area contributed by atoms with Gasteiger partial charge in [0.25, 0.3) is 11.6 Å². The van der Waals surface area contributed by atoms with Gasteiger partial charge in [0.15, 0.2) is 6.61 Å². The second-order valence-electron chi connectivity index (χ2n) is 5.92. The van der Waals surface area contributed by atoms with Gasteiger partial charge in [-0.2, -0.15) is 17.5 Å². The largest absolute Gasteiger partial charge is 0.484 e. The van der Waals surface area contributed by atoms with Crippen molar-refractivity contribution in [3.8, 4) is 5.75 Å². The van der Waals surface area contributed by atoms with Gasteiger partial charge in [0.1, 0.15) is 11.3 Å². The maximum absolute atomic E-state index is 12.3. The Labute approximate surface area is 163 Å². The smallest absolute Gasteiger partial charge is 0.422 e. The number of nitrogens with zero attached hydrogens (tertiary/aromatic N) is 2. The van der Waals surface area contributed by atoms with Crippen molar-refractivity contribution in [1.29, 1.82) is 0 Å². The first-order chi connectivity index (χ1) is 13.5. The number of rotatable bonds is 8.